The number of carbonyl (C=O) groups is 1. The molecule has 1 aliphatic rings. The second kappa shape index (κ2) is 3.61. The lowest BCUT2D eigenvalue weighted by atomic mass is 9.96. The number of aryl methyl sites for hydroxylation is 1. The average molecular weight is 211 g/mol. The monoisotopic (exact) mass is 211 g/mol. The van der Waals surface area contributed by atoms with Crippen LogP contribution in [0.1, 0.15) is 23.5 Å². The summed E-state index contributed by atoms with van der Waals surface area (Å²) in [5.74, 6) is -1.65. The Morgan fingerprint density at radius 3 is 2.40 bits per heavy atom. The van der Waals surface area contributed by atoms with E-state index in [0.29, 0.717) is 12.1 Å². The van der Waals surface area contributed by atoms with Gasteiger partial charge < -0.3 is 5.32 Å². The van der Waals surface area contributed by atoms with Crippen molar-refractivity contribution < 1.29 is 13.6 Å². The van der Waals surface area contributed by atoms with Crippen LogP contribution >= 0.6 is 0 Å². The number of carbonyl (C=O) groups excluding carboxylic acids is 1. The molecule has 0 aliphatic carbocycles. The predicted molar refractivity (Wildman–Crippen MR) is 51.5 cm³/mol. The summed E-state index contributed by atoms with van der Waals surface area (Å²) in [6.07, 6.45) is 0.164. The van der Waals surface area contributed by atoms with Crippen LogP contribution < -0.4 is 5.32 Å². The molecular formula is C11H11F2NO. The molecule has 1 aliphatic heterocycles. The summed E-state index contributed by atoms with van der Waals surface area (Å²) in [7, 11) is 0. The van der Waals surface area contributed by atoms with Gasteiger partial charge >= 0.3 is 0 Å². The Bertz CT molecular complexity index is 394. The number of rotatable bonds is 1. The molecule has 0 spiro atoms. The zero-order valence-corrected chi connectivity index (χ0v) is 8.31. The Balaban J connectivity index is 2.39. The van der Waals surface area contributed by atoms with Crippen molar-refractivity contribution in [3.63, 3.8) is 0 Å². The van der Waals surface area contributed by atoms with Crippen molar-refractivity contribution in [2.75, 3.05) is 6.54 Å². The van der Waals surface area contributed by atoms with Crippen LogP contribution in [0.25, 0.3) is 0 Å². The SMILES string of the molecule is Cc1cc(F)c(C2CNC(=O)C2)c(F)c1. The summed E-state index contributed by atoms with van der Waals surface area (Å²) in [6.45, 7) is 1.95. The number of halogens is 2. The fraction of sp³-hybridized carbons (Fsp3) is 0.364. The van der Waals surface area contributed by atoms with Gasteiger partial charge in [0.2, 0.25) is 5.91 Å². The Morgan fingerprint density at radius 1 is 1.33 bits per heavy atom. The van der Waals surface area contributed by atoms with E-state index in [4.69, 9.17) is 0 Å². The Hall–Kier alpha value is -1.45. The van der Waals surface area contributed by atoms with E-state index >= 15 is 0 Å². The van der Waals surface area contributed by atoms with Crippen LogP contribution in [0.5, 0.6) is 0 Å². The fourth-order valence-electron chi connectivity index (χ4n) is 1.91. The average Bonchev–Trinajstić information content (AvgIpc) is 2.49. The molecule has 0 aromatic heterocycles. The van der Waals surface area contributed by atoms with Gasteiger partial charge in [0.05, 0.1) is 0 Å². The van der Waals surface area contributed by atoms with Gasteiger partial charge in [-0.15, -0.1) is 0 Å². The van der Waals surface area contributed by atoms with Crippen molar-refractivity contribution in [2.45, 2.75) is 19.3 Å². The molecule has 1 amide bonds. The molecule has 15 heavy (non-hydrogen) atoms. The minimum Gasteiger partial charge on any atom is -0.355 e. The minimum atomic E-state index is -0.561. The van der Waals surface area contributed by atoms with Gasteiger partial charge in [-0.2, -0.15) is 0 Å². The Morgan fingerprint density at radius 2 is 1.93 bits per heavy atom. The lowest BCUT2D eigenvalue weighted by Crippen LogP contribution is -2.14. The number of amides is 1. The smallest absolute Gasteiger partial charge is 0.220 e. The highest BCUT2D eigenvalue weighted by Gasteiger charge is 2.28. The second-order valence-electron chi connectivity index (χ2n) is 3.85. The largest absolute Gasteiger partial charge is 0.355 e. The molecule has 1 fully saturated rings. The predicted octanol–water partition coefficient (Wildman–Crippen LogP) is 1.88. The summed E-state index contributed by atoms with van der Waals surface area (Å²) < 4.78 is 27.0. The maximum atomic E-state index is 13.5. The lowest BCUT2D eigenvalue weighted by molar-refractivity contribution is -0.119. The van der Waals surface area contributed by atoms with Crippen molar-refractivity contribution >= 4 is 5.91 Å². The molecule has 1 unspecified atom stereocenters. The molecule has 1 N–H and O–H groups in total. The first kappa shape index (κ1) is 10.1. The van der Waals surface area contributed by atoms with Gasteiger partial charge in [-0.3, -0.25) is 4.79 Å². The van der Waals surface area contributed by atoms with Gasteiger partial charge in [-0.1, -0.05) is 0 Å². The van der Waals surface area contributed by atoms with Gasteiger partial charge in [-0.05, 0) is 24.6 Å². The molecule has 0 bridgehead atoms. The van der Waals surface area contributed by atoms with Gasteiger partial charge in [0.1, 0.15) is 11.6 Å². The van der Waals surface area contributed by atoms with Crippen molar-refractivity contribution in [3.8, 4) is 0 Å². The molecular weight excluding hydrogens is 200 g/mol. The van der Waals surface area contributed by atoms with E-state index in [9.17, 15) is 13.6 Å². The Labute approximate surface area is 86.3 Å². The standard InChI is InChI=1S/C11H11F2NO/c1-6-2-8(12)11(9(13)3-6)7-4-10(15)14-5-7/h2-3,7H,4-5H2,1H3,(H,14,15). The Kier molecular flexibility index (Phi) is 2.42. The van der Waals surface area contributed by atoms with Gasteiger partial charge in [0.25, 0.3) is 0 Å². The molecule has 2 rings (SSSR count). The van der Waals surface area contributed by atoms with Crippen LogP contribution in [0.4, 0.5) is 8.78 Å². The molecule has 1 aromatic carbocycles. The third-order valence-electron chi connectivity index (χ3n) is 2.61. The second-order valence-corrected chi connectivity index (χ2v) is 3.85. The molecule has 4 heteroatoms. The number of benzene rings is 1. The van der Waals surface area contributed by atoms with Gasteiger partial charge in [-0.25, -0.2) is 8.78 Å². The number of hydrogen-bond donors (Lipinski definition) is 1. The minimum absolute atomic E-state index is 0.0268. The first-order valence-electron chi connectivity index (χ1n) is 4.80. The van der Waals surface area contributed by atoms with Crippen LogP contribution in [-0.2, 0) is 4.79 Å². The third kappa shape index (κ3) is 1.84. The van der Waals surface area contributed by atoms with Crippen LogP contribution in [0.2, 0.25) is 0 Å². The van der Waals surface area contributed by atoms with E-state index in [-0.39, 0.29) is 23.8 Å². The summed E-state index contributed by atoms with van der Waals surface area (Å²) in [6, 6.07) is 2.59. The molecule has 1 heterocycles. The van der Waals surface area contributed by atoms with E-state index in [1.807, 2.05) is 0 Å². The van der Waals surface area contributed by atoms with E-state index in [2.05, 4.69) is 5.32 Å². The van der Waals surface area contributed by atoms with Crippen LogP contribution in [0, 0.1) is 18.6 Å². The topological polar surface area (TPSA) is 29.1 Å². The molecule has 0 saturated carbocycles. The molecule has 80 valence electrons. The first-order chi connectivity index (χ1) is 7.08. The van der Waals surface area contributed by atoms with Crippen LogP contribution in [-0.4, -0.2) is 12.5 Å². The maximum Gasteiger partial charge on any atom is 0.220 e. The maximum absolute atomic E-state index is 13.5. The van der Waals surface area contributed by atoms with E-state index in [1.165, 1.54) is 12.1 Å². The molecule has 1 saturated heterocycles. The van der Waals surface area contributed by atoms with E-state index < -0.39 is 11.6 Å². The van der Waals surface area contributed by atoms with Gasteiger partial charge in [0.15, 0.2) is 0 Å². The number of nitrogens with one attached hydrogen (secondary N) is 1. The normalized spacial score (nSPS) is 20.5. The highest BCUT2D eigenvalue weighted by molar-refractivity contribution is 5.79. The summed E-state index contributed by atoms with van der Waals surface area (Å²) in [5, 5.41) is 2.56. The van der Waals surface area contributed by atoms with E-state index in [1.54, 1.807) is 6.92 Å². The third-order valence-corrected chi connectivity index (χ3v) is 2.61. The highest BCUT2D eigenvalue weighted by atomic mass is 19.1. The summed E-state index contributed by atoms with van der Waals surface area (Å²) >= 11 is 0. The quantitative estimate of drug-likeness (QED) is 0.755. The molecule has 1 aromatic rings. The van der Waals surface area contributed by atoms with Crippen molar-refractivity contribution in [3.05, 3.63) is 34.9 Å². The molecule has 0 radical (unpaired) electrons. The van der Waals surface area contributed by atoms with Crippen LogP contribution in [0.3, 0.4) is 0 Å². The zero-order chi connectivity index (χ0) is 11.0. The molecule has 1 atom stereocenters. The van der Waals surface area contributed by atoms with Crippen molar-refractivity contribution in [2.24, 2.45) is 0 Å². The highest BCUT2D eigenvalue weighted by Crippen LogP contribution is 2.28. The van der Waals surface area contributed by atoms with Crippen LogP contribution in [0.15, 0.2) is 12.1 Å². The number of hydrogen-bond acceptors (Lipinski definition) is 1. The van der Waals surface area contributed by atoms with Crippen molar-refractivity contribution in [1.29, 1.82) is 0 Å². The van der Waals surface area contributed by atoms with Gasteiger partial charge in [0, 0.05) is 24.4 Å². The fourth-order valence-corrected chi connectivity index (χ4v) is 1.91. The lowest BCUT2D eigenvalue weighted by Gasteiger charge is -2.11. The molecule has 2 nitrogen and oxygen atoms in total. The summed E-state index contributed by atoms with van der Waals surface area (Å²) in [4.78, 5) is 11.0. The summed E-state index contributed by atoms with van der Waals surface area (Å²) in [5.41, 5.74) is 0.574. The van der Waals surface area contributed by atoms with E-state index in [0.717, 1.165) is 0 Å². The zero-order valence-electron chi connectivity index (χ0n) is 8.31. The first-order valence-corrected chi connectivity index (χ1v) is 4.80. The van der Waals surface area contributed by atoms with Crippen molar-refractivity contribution in [1.82, 2.24) is 5.32 Å².